The number of nitrogens with one attached hydrogen (secondary N) is 1. The average Bonchev–Trinajstić information content (AvgIpc) is 2.39. The van der Waals surface area contributed by atoms with E-state index < -0.39 is 24.5 Å². The van der Waals surface area contributed by atoms with Crippen molar-refractivity contribution >= 4 is 35.1 Å². The van der Waals surface area contributed by atoms with Crippen LogP contribution in [0.25, 0.3) is 0 Å². The van der Waals surface area contributed by atoms with Crippen LogP contribution in [0.4, 0.5) is 0 Å². The lowest BCUT2D eigenvalue weighted by Crippen LogP contribution is -2.43. The fourth-order valence-electron chi connectivity index (χ4n) is 1.28. The SMILES string of the molecule is O=C(CCOc1ccc(Cl)c(Cl)c1)N[C@H](CO)C(=O)O. The molecule has 1 rings (SSSR count). The molecule has 0 aliphatic carbocycles. The Hall–Kier alpha value is -1.50. The van der Waals surface area contributed by atoms with E-state index in [1.54, 1.807) is 12.1 Å². The molecular weight excluding hydrogens is 309 g/mol. The largest absolute Gasteiger partial charge is 0.493 e. The highest BCUT2D eigenvalue weighted by Crippen LogP contribution is 2.26. The molecule has 0 aliphatic heterocycles. The van der Waals surface area contributed by atoms with E-state index >= 15 is 0 Å². The third-order valence-corrected chi connectivity index (χ3v) is 3.04. The van der Waals surface area contributed by atoms with E-state index in [9.17, 15) is 9.59 Å². The van der Waals surface area contributed by atoms with E-state index in [1.165, 1.54) is 6.07 Å². The molecule has 0 saturated carbocycles. The van der Waals surface area contributed by atoms with Crippen molar-refractivity contribution < 1.29 is 24.5 Å². The molecule has 0 saturated heterocycles. The molecule has 0 aliphatic rings. The standard InChI is InChI=1S/C12H13Cl2NO5/c13-8-2-1-7(5-9(8)14)20-4-3-11(17)15-10(6-16)12(18)19/h1-2,5,10,16H,3-4,6H2,(H,15,17)(H,18,19)/t10-/m1/s1. The Bertz CT molecular complexity index is 495. The smallest absolute Gasteiger partial charge is 0.328 e. The lowest BCUT2D eigenvalue weighted by Gasteiger charge is -2.12. The van der Waals surface area contributed by atoms with Gasteiger partial charge < -0.3 is 20.3 Å². The minimum Gasteiger partial charge on any atom is -0.493 e. The second-order valence-corrected chi connectivity index (χ2v) is 4.63. The van der Waals surface area contributed by atoms with Crippen molar-refractivity contribution in [3.63, 3.8) is 0 Å². The number of halogens is 2. The van der Waals surface area contributed by atoms with Gasteiger partial charge in [0.1, 0.15) is 11.8 Å². The lowest BCUT2D eigenvalue weighted by molar-refractivity contribution is -0.143. The quantitative estimate of drug-likeness (QED) is 0.704. The Labute approximate surface area is 125 Å². The maximum Gasteiger partial charge on any atom is 0.328 e. The molecule has 0 radical (unpaired) electrons. The van der Waals surface area contributed by atoms with E-state index in [2.05, 4.69) is 5.32 Å². The summed E-state index contributed by atoms with van der Waals surface area (Å²) >= 11 is 11.5. The van der Waals surface area contributed by atoms with Gasteiger partial charge in [0.15, 0.2) is 0 Å². The molecule has 8 heteroatoms. The summed E-state index contributed by atoms with van der Waals surface area (Å²) < 4.78 is 5.27. The van der Waals surface area contributed by atoms with Gasteiger partial charge in [0.05, 0.1) is 29.7 Å². The molecule has 0 unspecified atom stereocenters. The average molecular weight is 322 g/mol. The second-order valence-electron chi connectivity index (χ2n) is 3.82. The zero-order chi connectivity index (χ0) is 15.1. The Kier molecular flexibility index (Phi) is 6.57. The third kappa shape index (κ3) is 5.24. The number of carbonyl (C=O) groups excluding carboxylic acids is 1. The zero-order valence-electron chi connectivity index (χ0n) is 10.3. The first-order valence-corrected chi connectivity index (χ1v) is 6.40. The van der Waals surface area contributed by atoms with Crippen molar-refractivity contribution in [1.29, 1.82) is 0 Å². The van der Waals surface area contributed by atoms with Gasteiger partial charge in [-0.05, 0) is 12.1 Å². The number of benzene rings is 1. The number of aliphatic carboxylic acids is 1. The molecule has 0 heterocycles. The van der Waals surface area contributed by atoms with Gasteiger partial charge in [-0.2, -0.15) is 0 Å². The minimum absolute atomic E-state index is 0.0432. The van der Waals surface area contributed by atoms with Crippen molar-refractivity contribution in [1.82, 2.24) is 5.32 Å². The lowest BCUT2D eigenvalue weighted by atomic mass is 10.3. The molecule has 0 fully saturated rings. The molecule has 0 bridgehead atoms. The van der Waals surface area contributed by atoms with Crippen molar-refractivity contribution in [2.45, 2.75) is 12.5 Å². The van der Waals surface area contributed by atoms with Crippen LogP contribution in [0, 0.1) is 0 Å². The van der Waals surface area contributed by atoms with Crippen LogP contribution >= 0.6 is 23.2 Å². The molecule has 3 N–H and O–H groups in total. The van der Waals surface area contributed by atoms with Crippen LogP contribution in [-0.4, -0.2) is 41.3 Å². The summed E-state index contributed by atoms with van der Waals surface area (Å²) in [7, 11) is 0. The predicted molar refractivity (Wildman–Crippen MR) is 73.2 cm³/mol. The van der Waals surface area contributed by atoms with Gasteiger partial charge in [0, 0.05) is 6.07 Å². The summed E-state index contributed by atoms with van der Waals surface area (Å²) in [5.41, 5.74) is 0. The maximum absolute atomic E-state index is 11.4. The summed E-state index contributed by atoms with van der Waals surface area (Å²) in [6.45, 7) is -0.629. The Morgan fingerprint density at radius 2 is 2.00 bits per heavy atom. The Balaban J connectivity index is 2.38. The number of rotatable bonds is 7. The Morgan fingerprint density at radius 3 is 2.55 bits per heavy atom. The summed E-state index contributed by atoms with van der Waals surface area (Å²) in [5, 5.41) is 20.3. The number of carboxylic acids is 1. The van der Waals surface area contributed by atoms with E-state index in [1.807, 2.05) is 0 Å². The van der Waals surface area contributed by atoms with E-state index in [0.717, 1.165) is 0 Å². The number of amides is 1. The number of carbonyl (C=O) groups is 2. The van der Waals surface area contributed by atoms with Crippen LogP contribution in [-0.2, 0) is 9.59 Å². The summed E-state index contributed by atoms with van der Waals surface area (Å²) in [4.78, 5) is 22.0. The second kappa shape index (κ2) is 7.94. The highest BCUT2D eigenvalue weighted by atomic mass is 35.5. The monoisotopic (exact) mass is 321 g/mol. The van der Waals surface area contributed by atoms with Gasteiger partial charge >= 0.3 is 5.97 Å². The number of carboxylic acid groups (broad SMARTS) is 1. The van der Waals surface area contributed by atoms with Crippen molar-refractivity contribution in [2.75, 3.05) is 13.2 Å². The van der Waals surface area contributed by atoms with E-state index in [4.69, 9.17) is 38.2 Å². The molecule has 0 spiro atoms. The van der Waals surface area contributed by atoms with Gasteiger partial charge in [0.25, 0.3) is 0 Å². The molecule has 110 valence electrons. The van der Waals surface area contributed by atoms with Crippen LogP contribution < -0.4 is 10.1 Å². The molecule has 20 heavy (non-hydrogen) atoms. The number of aliphatic hydroxyl groups excluding tert-OH is 1. The number of hydrogen-bond donors (Lipinski definition) is 3. The summed E-state index contributed by atoms with van der Waals surface area (Å²) in [6.07, 6.45) is -0.0516. The Morgan fingerprint density at radius 1 is 1.30 bits per heavy atom. The van der Waals surface area contributed by atoms with Gasteiger partial charge in [-0.1, -0.05) is 23.2 Å². The zero-order valence-corrected chi connectivity index (χ0v) is 11.8. The molecular formula is C12H13Cl2NO5. The van der Waals surface area contributed by atoms with Gasteiger partial charge in [-0.25, -0.2) is 4.79 Å². The van der Waals surface area contributed by atoms with Gasteiger partial charge in [-0.15, -0.1) is 0 Å². The molecule has 6 nitrogen and oxygen atoms in total. The van der Waals surface area contributed by atoms with Crippen molar-refractivity contribution in [3.8, 4) is 5.75 Å². The molecule has 1 aromatic rings. The fourth-order valence-corrected chi connectivity index (χ4v) is 1.57. The highest BCUT2D eigenvalue weighted by Gasteiger charge is 2.18. The molecule has 1 aromatic carbocycles. The normalized spacial score (nSPS) is 11.8. The summed E-state index contributed by atoms with van der Waals surface area (Å²) in [6, 6.07) is 3.36. The highest BCUT2D eigenvalue weighted by molar-refractivity contribution is 6.42. The number of ether oxygens (including phenoxy) is 1. The topological polar surface area (TPSA) is 95.9 Å². The van der Waals surface area contributed by atoms with Gasteiger partial charge in [-0.3, -0.25) is 4.79 Å². The first-order chi connectivity index (χ1) is 9.43. The van der Waals surface area contributed by atoms with E-state index in [0.29, 0.717) is 15.8 Å². The maximum atomic E-state index is 11.4. The van der Waals surface area contributed by atoms with Crippen LogP contribution in [0.1, 0.15) is 6.42 Å². The number of hydrogen-bond acceptors (Lipinski definition) is 4. The fraction of sp³-hybridized carbons (Fsp3) is 0.333. The molecule has 0 aromatic heterocycles. The van der Waals surface area contributed by atoms with Crippen LogP contribution in [0.3, 0.4) is 0 Å². The van der Waals surface area contributed by atoms with Crippen molar-refractivity contribution in [2.24, 2.45) is 0 Å². The van der Waals surface area contributed by atoms with Gasteiger partial charge in [0.2, 0.25) is 5.91 Å². The molecule has 1 amide bonds. The van der Waals surface area contributed by atoms with Crippen LogP contribution in [0.5, 0.6) is 5.75 Å². The van der Waals surface area contributed by atoms with E-state index in [-0.39, 0.29) is 13.0 Å². The van der Waals surface area contributed by atoms with Crippen molar-refractivity contribution in [3.05, 3.63) is 28.2 Å². The third-order valence-electron chi connectivity index (χ3n) is 2.30. The first-order valence-electron chi connectivity index (χ1n) is 5.65. The predicted octanol–water partition coefficient (Wildman–Crippen LogP) is 1.32. The number of aliphatic hydroxyl groups is 1. The first kappa shape index (κ1) is 16.6. The van der Waals surface area contributed by atoms with Crippen LogP contribution in [0.2, 0.25) is 10.0 Å². The van der Waals surface area contributed by atoms with Crippen LogP contribution in [0.15, 0.2) is 18.2 Å². The summed E-state index contributed by atoms with van der Waals surface area (Å²) in [5.74, 6) is -1.39. The minimum atomic E-state index is -1.31. The molecule has 1 atom stereocenters.